The topological polar surface area (TPSA) is 231 Å². The monoisotopic (exact) mass is 1290 g/mol. The van der Waals surface area contributed by atoms with E-state index in [2.05, 4.69) is 130 Å². The molecule has 0 aliphatic carbocycles. The van der Waals surface area contributed by atoms with E-state index in [1.54, 1.807) is 0 Å². The predicted molar refractivity (Wildman–Crippen MR) is 362 cm³/mol. The number of carbonyl (C=O) groups excluding carboxylic acids is 3. The van der Waals surface area contributed by atoms with Gasteiger partial charge >= 0.3 is 33.6 Å². The number of hydrogen-bond acceptors (Lipinski definition) is 14. The van der Waals surface area contributed by atoms with Crippen LogP contribution in [0.2, 0.25) is 0 Å². The molecule has 0 saturated carbocycles. The van der Waals surface area contributed by atoms with Gasteiger partial charge in [-0.2, -0.15) is 0 Å². The first kappa shape index (κ1) is 85.2. The van der Waals surface area contributed by atoms with Gasteiger partial charge in [0.25, 0.3) is 0 Å². The summed E-state index contributed by atoms with van der Waals surface area (Å²) < 4.78 is 60.8. The molecule has 0 aromatic carbocycles. The van der Waals surface area contributed by atoms with E-state index in [4.69, 9.17) is 32.3 Å². The summed E-state index contributed by atoms with van der Waals surface area (Å²) in [6.45, 7) is 2.50. The molecule has 512 valence electrons. The van der Waals surface area contributed by atoms with Crippen LogP contribution in [0.1, 0.15) is 265 Å². The molecule has 0 amide bonds. The average molecular weight is 1290 g/mol. The number of carbonyl (C=O) groups is 3. The number of rotatable bonds is 64. The van der Waals surface area contributed by atoms with E-state index in [-0.39, 0.29) is 19.3 Å². The lowest BCUT2D eigenvalue weighted by molar-refractivity contribution is -0.161. The molecule has 89 heavy (non-hydrogen) atoms. The Labute approximate surface area is 539 Å². The van der Waals surface area contributed by atoms with E-state index in [0.717, 1.165) is 141 Å². The number of aliphatic hydroxyl groups is 2. The van der Waals surface area contributed by atoms with Crippen LogP contribution in [-0.4, -0.2) is 95.9 Å². The molecule has 18 heteroatoms. The highest BCUT2D eigenvalue weighted by molar-refractivity contribution is 7.47. The Kier molecular flexibility index (Phi) is 61.6. The minimum atomic E-state index is -4.93. The van der Waals surface area contributed by atoms with Crippen molar-refractivity contribution in [2.45, 2.75) is 283 Å². The molecule has 5 atom stereocenters. The van der Waals surface area contributed by atoms with Crippen molar-refractivity contribution < 1.29 is 75.8 Å². The van der Waals surface area contributed by atoms with Crippen LogP contribution in [0.5, 0.6) is 0 Å². The number of allylic oxidation sites excluding steroid dienone is 18. The number of aliphatic hydroxyl groups excluding tert-OH is 2. The van der Waals surface area contributed by atoms with Crippen LogP contribution in [0.4, 0.5) is 0 Å². The van der Waals surface area contributed by atoms with Gasteiger partial charge in [0.2, 0.25) is 0 Å². The van der Waals surface area contributed by atoms with Gasteiger partial charge in [0.1, 0.15) is 25.4 Å². The minimum Gasteiger partial charge on any atom is -0.463 e. The summed E-state index contributed by atoms with van der Waals surface area (Å²) in [7, 11) is -9.79. The van der Waals surface area contributed by atoms with Gasteiger partial charge in [-0.15, -0.1) is 0 Å². The molecule has 0 aliphatic rings. The Morgan fingerprint density at radius 2 is 0.573 bits per heavy atom. The van der Waals surface area contributed by atoms with Crippen LogP contribution in [0.25, 0.3) is 0 Å². The van der Waals surface area contributed by atoms with Crippen molar-refractivity contribution in [2.75, 3.05) is 39.6 Å². The lowest BCUT2D eigenvalue weighted by Crippen LogP contribution is -2.30. The van der Waals surface area contributed by atoms with E-state index >= 15 is 0 Å². The van der Waals surface area contributed by atoms with Gasteiger partial charge < -0.3 is 34.2 Å². The van der Waals surface area contributed by atoms with Crippen LogP contribution in [-0.2, 0) is 55.8 Å². The highest BCUT2D eigenvalue weighted by Gasteiger charge is 2.29. The maximum Gasteiger partial charge on any atom is 0.472 e. The summed E-state index contributed by atoms with van der Waals surface area (Å²) in [4.78, 5) is 58.3. The van der Waals surface area contributed by atoms with E-state index in [0.29, 0.717) is 19.3 Å². The van der Waals surface area contributed by atoms with Gasteiger partial charge in [-0.3, -0.25) is 32.5 Å². The van der Waals surface area contributed by atoms with Crippen LogP contribution in [0, 0.1) is 0 Å². The third kappa shape index (κ3) is 65.5. The van der Waals surface area contributed by atoms with Crippen LogP contribution in [0.15, 0.2) is 109 Å². The summed E-state index contributed by atoms with van der Waals surface area (Å²) in [6, 6.07) is 0. The van der Waals surface area contributed by atoms with Crippen LogP contribution in [0.3, 0.4) is 0 Å². The van der Waals surface area contributed by atoms with Gasteiger partial charge in [-0.25, -0.2) is 9.13 Å². The third-order valence-electron chi connectivity index (χ3n) is 13.9. The van der Waals surface area contributed by atoms with Crippen molar-refractivity contribution >= 4 is 33.6 Å². The maximum absolute atomic E-state index is 12.9. The fourth-order valence-electron chi connectivity index (χ4n) is 8.63. The Balaban J connectivity index is 4.63. The molecule has 0 aromatic heterocycles. The van der Waals surface area contributed by atoms with Gasteiger partial charge in [0.15, 0.2) is 6.10 Å². The van der Waals surface area contributed by atoms with E-state index in [1.807, 2.05) is 0 Å². The molecule has 5 unspecified atom stereocenters. The molecule has 0 heterocycles. The third-order valence-corrected chi connectivity index (χ3v) is 15.8. The number of phosphoric ester groups is 2. The second-order valence-corrected chi connectivity index (χ2v) is 25.5. The number of hydrogen-bond donors (Lipinski definition) is 4. The van der Waals surface area contributed by atoms with Gasteiger partial charge in [-0.1, -0.05) is 226 Å². The molecule has 16 nitrogen and oxygen atoms in total. The lowest BCUT2D eigenvalue weighted by atomic mass is 10.1. The van der Waals surface area contributed by atoms with Gasteiger partial charge in [0, 0.05) is 19.3 Å². The van der Waals surface area contributed by atoms with Crippen LogP contribution >= 0.6 is 15.6 Å². The van der Waals surface area contributed by atoms with Gasteiger partial charge in [0.05, 0.1) is 26.4 Å². The summed E-state index contributed by atoms with van der Waals surface area (Å²) >= 11 is 0. The zero-order chi connectivity index (χ0) is 65.3. The number of unbranched alkanes of at least 4 members (excludes halogenated alkanes) is 23. The molecule has 4 N–H and O–H groups in total. The Morgan fingerprint density at radius 3 is 0.933 bits per heavy atom. The van der Waals surface area contributed by atoms with Crippen molar-refractivity contribution in [2.24, 2.45) is 0 Å². The summed E-state index contributed by atoms with van der Waals surface area (Å²) in [5.74, 6) is -1.63. The molecular formula is C71H122O16P2. The fraction of sp³-hybridized carbons (Fsp3) is 0.704. The number of ether oxygens (including phenoxy) is 3. The van der Waals surface area contributed by atoms with E-state index < -0.39 is 91.5 Å². The molecular weight excluding hydrogens is 1170 g/mol. The first-order valence-electron chi connectivity index (χ1n) is 34.2. The zero-order valence-electron chi connectivity index (χ0n) is 55.3. The summed E-state index contributed by atoms with van der Waals surface area (Å²) in [6.07, 6.45) is 71.4. The summed E-state index contributed by atoms with van der Waals surface area (Å²) in [5, 5.41) is 20.5. The second-order valence-electron chi connectivity index (χ2n) is 22.6. The van der Waals surface area contributed by atoms with E-state index in [9.17, 15) is 43.5 Å². The molecule has 0 aromatic rings. The first-order valence-corrected chi connectivity index (χ1v) is 37.2. The smallest absolute Gasteiger partial charge is 0.463 e. The van der Waals surface area contributed by atoms with Gasteiger partial charge in [-0.05, 0) is 128 Å². The number of phosphoric acid groups is 2. The fourth-order valence-corrected chi connectivity index (χ4v) is 10.2. The zero-order valence-corrected chi connectivity index (χ0v) is 57.1. The Morgan fingerprint density at radius 1 is 0.315 bits per heavy atom. The molecule has 0 fully saturated rings. The second kappa shape index (κ2) is 64.3. The molecule has 0 spiro atoms. The van der Waals surface area contributed by atoms with Crippen molar-refractivity contribution in [3.8, 4) is 0 Å². The van der Waals surface area contributed by atoms with Crippen molar-refractivity contribution in [1.29, 1.82) is 0 Å². The minimum absolute atomic E-state index is 0.0870. The first-order chi connectivity index (χ1) is 43.2. The Bertz CT molecular complexity index is 2060. The maximum atomic E-state index is 12.9. The molecule has 0 rings (SSSR count). The van der Waals surface area contributed by atoms with Crippen LogP contribution < -0.4 is 0 Å². The van der Waals surface area contributed by atoms with Crippen molar-refractivity contribution in [3.05, 3.63) is 109 Å². The summed E-state index contributed by atoms with van der Waals surface area (Å²) in [5.41, 5.74) is 0. The SMILES string of the molecule is CCCC/C=C\CCCCCCCC(=O)OC(COC(=O)CCCCCCC/C=C\C/C=C\C/C=C\C/C=C\CCCCC)COP(=O)(O)OCC(O)COP(=O)(O)OCC(O)COC(=O)CCCCCCC/C=C\C/C=C\C/C=C\C/C=C\CCCCC. The quantitative estimate of drug-likeness (QED) is 0.0146. The molecule has 0 saturated heterocycles. The normalized spacial score (nSPS) is 14.9. The largest absolute Gasteiger partial charge is 0.472 e. The number of esters is 3. The highest BCUT2D eigenvalue weighted by atomic mass is 31.2. The highest BCUT2D eigenvalue weighted by Crippen LogP contribution is 2.45. The average Bonchev–Trinajstić information content (AvgIpc) is 3.63. The van der Waals surface area contributed by atoms with Crippen molar-refractivity contribution in [1.82, 2.24) is 0 Å². The van der Waals surface area contributed by atoms with E-state index in [1.165, 1.54) is 64.2 Å². The standard InChI is InChI=1S/C71H122O16P2/c1-4-7-10-13-16-19-22-24-26-28-30-32-34-36-38-40-43-45-48-51-54-57-69(74)81-60-66(72)61-83-88(77,78)84-62-67(73)63-85-89(79,80)86-65-68(87-71(76)59-56-53-50-47-42-21-18-15-12-9-6-3)64-82-70(75)58-55-52-49-46-44-41-39-37-35-33-31-29-27-25-23-20-17-14-11-8-5-2/h15-20,24-27,30-33,36-39,66-68,72-73H,4-14,21-23,28-29,34-35,40-65H2,1-3H3,(H,77,78)(H,79,80)/b18-15-,19-16-,20-17-,26-24-,27-25-,32-30-,33-31-,38-36-,39-37-. The van der Waals surface area contributed by atoms with Crippen molar-refractivity contribution in [3.63, 3.8) is 0 Å². The lowest BCUT2D eigenvalue weighted by Gasteiger charge is -2.21. The predicted octanol–water partition coefficient (Wildman–Crippen LogP) is 18.9. The molecule has 0 aliphatic heterocycles. The Hall–Kier alpha value is -3.79. The molecule has 0 bridgehead atoms. The molecule has 0 radical (unpaired) electrons.